The number of fused-ring (bicyclic) bond motifs is 1. The number of nitrogens with zero attached hydrogens (tertiary/aromatic N) is 4. The highest BCUT2D eigenvalue weighted by Crippen LogP contribution is 2.32. The van der Waals surface area contributed by atoms with Crippen molar-refractivity contribution in [2.75, 3.05) is 19.7 Å². The van der Waals surface area contributed by atoms with Crippen molar-refractivity contribution in [2.24, 2.45) is 7.05 Å². The minimum absolute atomic E-state index is 0.0877. The standard InChI is InChI=1S/C18H19F3N4O4/c1-23-16(18(19,20)21)22-25(17(23)27)11-6-8-24(9-7-11)15(26)14-10-28-12-4-2-3-5-13(12)29-14/h2-5,11,14H,6-10H2,1H3. The first-order valence-electron chi connectivity index (χ1n) is 9.15. The summed E-state index contributed by atoms with van der Waals surface area (Å²) in [6.45, 7) is 0.662. The van der Waals surface area contributed by atoms with Crippen molar-refractivity contribution in [3.63, 3.8) is 0 Å². The van der Waals surface area contributed by atoms with Gasteiger partial charge in [-0.25, -0.2) is 9.48 Å². The van der Waals surface area contributed by atoms with Crippen molar-refractivity contribution in [1.82, 2.24) is 19.2 Å². The van der Waals surface area contributed by atoms with Gasteiger partial charge in [0.25, 0.3) is 5.91 Å². The number of rotatable bonds is 2. The predicted octanol–water partition coefficient (Wildman–Crippen LogP) is 1.60. The number of benzene rings is 1. The molecule has 11 heteroatoms. The molecule has 8 nitrogen and oxygen atoms in total. The molecule has 0 N–H and O–H groups in total. The van der Waals surface area contributed by atoms with E-state index in [2.05, 4.69) is 5.10 Å². The van der Waals surface area contributed by atoms with Crippen LogP contribution in [0.25, 0.3) is 0 Å². The number of hydrogen-bond acceptors (Lipinski definition) is 5. The van der Waals surface area contributed by atoms with E-state index in [0.29, 0.717) is 28.9 Å². The van der Waals surface area contributed by atoms with E-state index in [4.69, 9.17) is 9.47 Å². The van der Waals surface area contributed by atoms with E-state index in [-0.39, 0.29) is 25.6 Å². The molecule has 156 valence electrons. The Morgan fingerprint density at radius 2 is 1.83 bits per heavy atom. The summed E-state index contributed by atoms with van der Waals surface area (Å²) >= 11 is 0. The number of likely N-dealkylation sites (tertiary alicyclic amines) is 1. The summed E-state index contributed by atoms with van der Waals surface area (Å²) in [6.07, 6.45) is -4.84. The van der Waals surface area contributed by atoms with Crippen LogP contribution in [-0.2, 0) is 18.0 Å². The second-order valence-electron chi connectivity index (χ2n) is 7.03. The van der Waals surface area contributed by atoms with Crippen LogP contribution >= 0.6 is 0 Å². The molecule has 0 radical (unpaired) electrons. The van der Waals surface area contributed by atoms with Gasteiger partial charge in [-0.05, 0) is 25.0 Å². The molecular formula is C18H19F3N4O4. The van der Waals surface area contributed by atoms with E-state index >= 15 is 0 Å². The maximum Gasteiger partial charge on any atom is 0.451 e. The van der Waals surface area contributed by atoms with Gasteiger partial charge < -0.3 is 14.4 Å². The Balaban J connectivity index is 1.41. The van der Waals surface area contributed by atoms with Crippen LogP contribution in [0.1, 0.15) is 24.7 Å². The molecule has 2 aromatic rings. The average Bonchev–Trinajstić information content (AvgIpc) is 3.02. The van der Waals surface area contributed by atoms with E-state index in [1.54, 1.807) is 29.2 Å². The number of piperidine rings is 1. The van der Waals surface area contributed by atoms with Gasteiger partial charge in [-0.15, -0.1) is 5.10 Å². The zero-order chi connectivity index (χ0) is 20.8. The normalized spacial score (nSPS) is 20.0. The second-order valence-corrected chi connectivity index (χ2v) is 7.03. The molecule has 4 rings (SSSR count). The molecule has 1 saturated heterocycles. The number of ether oxygens (including phenoxy) is 2. The SMILES string of the molecule is Cn1c(C(F)(F)F)nn(C2CCN(C(=O)C3COc4ccccc4O3)CC2)c1=O. The third kappa shape index (κ3) is 3.56. The van der Waals surface area contributed by atoms with Gasteiger partial charge >= 0.3 is 11.9 Å². The lowest BCUT2D eigenvalue weighted by atomic mass is 10.0. The van der Waals surface area contributed by atoms with Crippen LogP contribution < -0.4 is 15.2 Å². The quantitative estimate of drug-likeness (QED) is 0.749. The molecule has 29 heavy (non-hydrogen) atoms. The van der Waals surface area contributed by atoms with Crippen LogP contribution in [0.4, 0.5) is 13.2 Å². The van der Waals surface area contributed by atoms with Crippen molar-refractivity contribution in [3.05, 3.63) is 40.6 Å². The topological polar surface area (TPSA) is 78.6 Å². The summed E-state index contributed by atoms with van der Waals surface area (Å²) < 4.78 is 51.6. The minimum Gasteiger partial charge on any atom is -0.485 e. The number of aromatic nitrogens is 3. The van der Waals surface area contributed by atoms with Gasteiger partial charge in [0.05, 0.1) is 6.04 Å². The molecule has 1 aromatic carbocycles. The Hall–Kier alpha value is -2.98. The number of amides is 1. The lowest BCUT2D eigenvalue weighted by Gasteiger charge is -2.35. The molecule has 0 spiro atoms. The summed E-state index contributed by atoms with van der Waals surface area (Å²) in [6, 6.07) is 6.55. The maximum atomic E-state index is 13.0. The first kappa shape index (κ1) is 19.3. The zero-order valence-electron chi connectivity index (χ0n) is 15.6. The first-order valence-corrected chi connectivity index (χ1v) is 9.15. The van der Waals surface area contributed by atoms with Gasteiger partial charge in [0.1, 0.15) is 6.61 Å². The number of hydrogen-bond donors (Lipinski definition) is 0. The van der Waals surface area contributed by atoms with Gasteiger partial charge in [-0.3, -0.25) is 9.36 Å². The number of alkyl halides is 3. The predicted molar refractivity (Wildman–Crippen MR) is 93.7 cm³/mol. The first-order chi connectivity index (χ1) is 13.8. The van der Waals surface area contributed by atoms with Crippen LogP contribution in [-0.4, -0.2) is 51.0 Å². The molecule has 1 aromatic heterocycles. The second kappa shape index (κ2) is 7.12. The van der Waals surface area contributed by atoms with Gasteiger partial charge in [0.2, 0.25) is 11.9 Å². The van der Waals surface area contributed by atoms with E-state index in [0.717, 1.165) is 11.7 Å². The monoisotopic (exact) mass is 412 g/mol. The zero-order valence-corrected chi connectivity index (χ0v) is 15.6. The lowest BCUT2D eigenvalue weighted by molar-refractivity contribution is -0.147. The molecule has 0 saturated carbocycles. The van der Waals surface area contributed by atoms with Gasteiger partial charge in [-0.2, -0.15) is 13.2 Å². The van der Waals surface area contributed by atoms with Crippen LogP contribution in [0.2, 0.25) is 0 Å². The molecule has 0 aliphatic carbocycles. The van der Waals surface area contributed by atoms with Gasteiger partial charge in [0, 0.05) is 20.1 Å². The Labute approximate surface area is 163 Å². The fourth-order valence-corrected chi connectivity index (χ4v) is 3.62. The van der Waals surface area contributed by atoms with Crippen molar-refractivity contribution in [3.8, 4) is 11.5 Å². The van der Waals surface area contributed by atoms with Crippen molar-refractivity contribution >= 4 is 5.91 Å². The van der Waals surface area contributed by atoms with E-state index in [9.17, 15) is 22.8 Å². The van der Waals surface area contributed by atoms with Gasteiger partial charge in [-0.1, -0.05) is 12.1 Å². The number of carbonyl (C=O) groups is 1. The van der Waals surface area contributed by atoms with Crippen LogP contribution in [0.5, 0.6) is 11.5 Å². The van der Waals surface area contributed by atoms with Crippen LogP contribution in [0, 0.1) is 0 Å². The summed E-state index contributed by atoms with van der Waals surface area (Å²) in [4.78, 5) is 26.5. The maximum absolute atomic E-state index is 13.0. The molecule has 1 atom stereocenters. The Bertz CT molecular complexity index is 976. The van der Waals surface area contributed by atoms with Crippen molar-refractivity contribution in [2.45, 2.75) is 31.2 Å². The highest BCUT2D eigenvalue weighted by Gasteiger charge is 2.40. The van der Waals surface area contributed by atoms with Crippen LogP contribution in [0.15, 0.2) is 29.1 Å². The summed E-state index contributed by atoms with van der Waals surface area (Å²) in [5.74, 6) is -0.410. The number of para-hydroxylation sites is 2. The highest BCUT2D eigenvalue weighted by molar-refractivity contribution is 5.82. The molecule has 1 amide bonds. The molecule has 2 aliphatic heterocycles. The summed E-state index contributed by atoms with van der Waals surface area (Å²) in [5.41, 5.74) is -0.817. The fourth-order valence-electron chi connectivity index (χ4n) is 3.62. The van der Waals surface area contributed by atoms with E-state index in [1.165, 1.54) is 0 Å². The Kier molecular flexibility index (Phi) is 4.75. The van der Waals surface area contributed by atoms with Crippen LogP contribution in [0.3, 0.4) is 0 Å². The summed E-state index contributed by atoms with van der Waals surface area (Å²) in [7, 11) is 1.05. The fraction of sp³-hybridized carbons (Fsp3) is 0.500. The minimum atomic E-state index is -4.70. The van der Waals surface area contributed by atoms with Crippen molar-refractivity contribution in [1.29, 1.82) is 0 Å². The average molecular weight is 412 g/mol. The summed E-state index contributed by atoms with van der Waals surface area (Å²) in [5, 5.41) is 3.48. The molecule has 2 aliphatic rings. The molecule has 1 unspecified atom stereocenters. The van der Waals surface area contributed by atoms with Crippen molar-refractivity contribution < 1.29 is 27.4 Å². The molecule has 3 heterocycles. The largest absolute Gasteiger partial charge is 0.485 e. The Morgan fingerprint density at radius 1 is 1.17 bits per heavy atom. The van der Waals surface area contributed by atoms with Gasteiger partial charge in [0.15, 0.2) is 11.5 Å². The van der Waals surface area contributed by atoms with E-state index < -0.39 is 29.8 Å². The Morgan fingerprint density at radius 3 is 2.45 bits per heavy atom. The third-order valence-corrected chi connectivity index (χ3v) is 5.16. The lowest BCUT2D eigenvalue weighted by Crippen LogP contribution is -2.49. The third-order valence-electron chi connectivity index (χ3n) is 5.16. The highest BCUT2D eigenvalue weighted by atomic mass is 19.4. The smallest absolute Gasteiger partial charge is 0.451 e. The number of halogens is 3. The number of carbonyl (C=O) groups excluding carboxylic acids is 1. The molecule has 0 bridgehead atoms. The molecular weight excluding hydrogens is 393 g/mol. The van der Waals surface area contributed by atoms with E-state index in [1.807, 2.05) is 0 Å². The molecule has 1 fully saturated rings.